The van der Waals surface area contributed by atoms with Crippen molar-refractivity contribution in [3.63, 3.8) is 0 Å². The number of piperidine rings is 1. The van der Waals surface area contributed by atoms with Crippen LogP contribution in [0.1, 0.15) is 26.2 Å². The maximum Gasteiger partial charge on any atom is 0.151 e. The lowest BCUT2D eigenvalue weighted by Gasteiger charge is -2.32. The molecule has 1 unspecified atom stereocenters. The minimum atomic E-state index is 0.737. The summed E-state index contributed by atoms with van der Waals surface area (Å²) in [5, 5.41) is 8.26. The highest BCUT2D eigenvalue weighted by molar-refractivity contribution is 5.51. The Morgan fingerprint density at radius 2 is 1.62 bits per heavy atom. The van der Waals surface area contributed by atoms with Crippen LogP contribution in [0.3, 0.4) is 0 Å². The second-order valence-corrected chi connectivity index (χ2v) is 7.34. The van der Waals surface area contributed by atoms with E-state index in [1.54, 1.807) is 12.5 Å². The molecule has 1 atom stereocenters. The van der Waals surface area contributed by atoms with E-state index in [0.29, 0.717) is 0 Å². The van der Waals surface area contributed by atoms with E-state index in [-0.39, 0.29) is 0 Å². The summed E-state index contributed by atoms with van der Waals surface area (Å²) in [6.07, 6.45) is 7.08. The zero-order valence-corrected chi connectivity index (χ0v) is 15.5. The summed E-state index contributed by atoms with van der Waals surface area (Å²) in [4.78, 5) is 16.2. The molecule has 0 amide bonds. The van der Waals surface area contributed by atoms with Crippen LogP contribution < -0.4 is 14.7 Å². The van der Waals surface area contributed by atoms with Crippen LogP contribution in [-0.2, 0) is 0 Å². The number of aromatic nitrogens is 4. The van der Waals surface area contributed by atoms with Crippen LogP contribution in [0, 0.1) is 5.92 Å². The van der Waals surface area contributed by atoms with Gasteiger partial charge in [0.25, 0.3) is 0 Å². The van der Waals surface area contributed by atoms with E-state index in [2.05, 4.69) is 47.9 Å². The maximum absolute atomic E-state index is 4.56. The van der Waals surface area contributed by atoms with Gasteiger partial charge in [0, 0.05) is 51.5 Å². The Morgan fingerprint density at radius 1 is 0.885 bits per heavy atom. The van der Waals surface area contributed by atoms with Crippen LogP contribution in [0.25, 0.3) is 0 Å². The third-order valence-corrected chi connectivity index (χ3v) is 5.32. The highest BCUT2D eigenvalue weighted by atomic mass is 15.3. The molecule has 0 saturated carbocycles. The average molecular weight is 353 g/mol. The molecule has 0 bridgehead atoms. The van der Waals surface area contributed by atoms with Crippen LogP contribution in [0.5, 0.6) is 0 Å². The summed E-state index contributed by atoms with van der Waals surface area (Å²) in [5.41, 5.74) is 0. The molecule has 138 valence electrons. The summed E-state index contributed by atoms with van der Waals surface area (Å²) in [5.74, 6) is 3.80. The fourth-order valence-electron chi connectivity index (χ4n) is 3.92. The summed E-state index contributed by atoms with van der Waals surface area (Å²) in [7, 11) is 0. The molecule has 0 aliphatic carbocycles. The smallest absolute Gasteiger partial charge is 0.151 e. The predicted molar refractivity (Wildman–Crippen MR) is 104 cm³/mol. The first-order valence-corrected chi connectivity index (χ1v) is 9.64. The van der Waals surface area contributed by atoms with Gasteiger partial charge in [0.1, 0.15) is 18.0 Å². The van der Waals surface area contributed by atoms with E-state index in [1.165, 1.54) is 12.8 Å². The molecule has 2 aromatic heterocycles. The maximum atomic E-state index is 4.56. The Labute approximate surface area is 155 Å². The molecule has 2 aliphatic rings. The minimum Gasteiger partial charge on any atom is -0.356 e. The molecule has 7 nitrogen and oxygen atoms in total. The minimum absolute atomic E-state index is 0.737. The molecular weight excluding hydrogens is 326 g/mol. The molecule has 4 heterocycles. The highest BCUT2D eigenvalue weighted by Gasteiger charge is 2.21. The molecule has 26 heavy (non-hydrogen) atoms. The van der Waals surface area contributed by atoms with Gasteiger partial charge in [-0.15, -0.1) is 5.10 Å². The normalized spacial score (nSPS) is 21.6. The van der Waals surface area contributed by atoms with Crippen molar-refractivity contribution in [3.8, 4) is 0 Å². The van der Waals surface area contributed by atoms with Crippen molar-refractivity contribution in [2.45, 2.75) is 26.2 Å². The van der Waals surface area contributed by atoms with Crippen LogP contribution >= 0.6 is 0 Å². The van der Waals surface area contributed by atoms with Gasteiger partial charge >= 0.3 is 0 Å². The first kappa shape index (κ1) is 17.0. The molecule has 2 aromatic rings. The molecule has 0 N–H and O–H groups in total. The van der Waals surface area contributed by atoms with E-state index in [9.17, 15) is 0 Å². The van der Waals surface area contributed by atoms with Crippen LogP contribution in [-0.4, -0.2) is 59.4 Å². The first-order valence-electron chi connectivity index (χ1n) is 9.64. The van der Waals surface area contributed by atoms with E-state index < -0.39 is 0 Å². The number of anilines is 3. The molecule has 2 saturated heterocycles. The third kappa shape index (κ3) is 3.86. The van der Waals surface area contributed by atoms with Crippen LogP contribution in [0.4, 0.5) is 17.5 Å². The SMILES string of the molecule is CC1CCCN(c2cc(N3CCCN(c4cccnn4)CC3)ncn2)C1. The van der Waals surface area contributed by atoms with Gasteiger partial charge in [0.05, 0.1) is 0 Å². The lowest BCUT2D eigenvalue weighted by atomic mass is 10.0. The highest BCUT2D eigenvalue weighted by Crippen LogP contribution is 2.24. The summed E-state index contributed by atoms with van der Waals surface area (Å²) in [6.45, 7) is 8.38. The topological polar surface area (TPSA) is 61.3 Å². The van der Waals surface area contributed by atoms with Gasteiger partial charge < -0.3 is 14.7 Å². The van der Waals surface area contributed by atoms with Crippen molar-refractivity contribution in [3.05, 3.63) is 30.7 Å². The Bertz CT molecular complexity index is 708. The number of rotatable bonds is 3. The average Bonchev–Trinajstić information content (AvgIpc) is 2.95. The van der Waals surface area contributed by atoms with Crippen molar-refractivity contribution >= 4 is 17.5 Å². The summed E-state index contributed by atoms with van der Waals surface area (Å²) < 4.78 is 0. The zero-order valence-electron chi connectivity index (χ0n) is 15.5. The largest absolute Gasteiger partial charge is 0.356 e. The quantitative estimate of drug-likeness (QED) is 0.838. The van der Waals surface area contributed by atoms with Gasteiger partial charge in [0.15, 0.2) is 5.82 Å². The second-order valence-electron chi connectivity index (χ2n) is 7.34. The van der Waals surface area contributed by atoms with E-state index >= 15 is 0 Å². The fraction of sp³-hybridized carbons (Fsp3) is 0.579. The van der Waals surface area contributed by atoms with Crippen molar-refractivity contribution in [1.82, 2.24) is 20.2 Å². The van der Waals surface area contributed by atoms with Crippen LogP contribution in [0.15, 0.2) is 30.7 Å². The summed E-state index contributed by atoms with van der Waals surface area (Å²) in [6, 6.07) is 6.14. The summed E-state index contributed by atoms with van der Waals surface area (Å²) >= 11 is 0. The van der Waals surface area contributed by atoms with Gasteiger partial charge in [-0.05, 0) is 37.3 Å². The Morgan fingerprint density at radius 3 is 2.35 bits per heavy atom. The predicted octanol–water partition coefficient (Wildman–Crippen LogP) is 2.22. The molecule has 0 radical (unpaired) electrons. The van der Waals surface area contributed by atoms with Crippen molar-refractivity contribution < 1.29 is 0 Å². The molecule has 0 spiro atoms. The van der Waals surface area contributed by atoms with Crippen LogP contribution in [0.2, 0.25) is 0 Å². The zero-order chi connectivity index (χ0) is 17.8. The number of hydrogen-bond donors (Lipinski definition) is 0. The fourth-order valence-corrected chi connectivity index (χ4v) is 3.92. The number of hydrogen-bond acceptors (Lipinski definition) is 7. The lowest BCUT2D eigenvalue weighted by Crippen LogP contribution is -2.35. The molecular formula is C19H27N7. The van der Waals surface area contributed by atoms with Crippen molar-refractivity contribution in [2.75, 3.05) is 54.0 Å². The van der Waals surface area contributed by atoms with E-state index in [1.807, 2.05) is 12.1 Å². The van der Waals surface area contributed by atoms with E-state index in [0.717, 1.165) is 69.1 Å². The van der Waals surface area contributed by atoms with Gasteiger partial charge in [-0.25, -0.2) is 9.97 Å². The molecule has 2 fully saturated rings. The standard InChI is InChI=1S/C19H27N7/c1-16-5-3-8-26(14-16)19-13-18(20-15-21-19)25-10-4-9-24(11-12-25)17-6-2-7-22-23-17/h2,6-7,13,15-16H,3-5,8-12,14H2,1H3. The Balaban J connectivity index is 1.45. The molecule has 7 heteroatoms. The molecule has 2 aliphatic heterocycles. The second kappa shape index (κ2) is 7.85. The Kier molecular flexibility index (Phi) is 5.13. The van der Waals surface area contributed by atoms with Gasteiger partial charge in [0.2, 0.25) is 0 Å². The monoisotopic (exact) mass is 353 g/mol. The number of nitrogens with zero attached hydrogens (tertiary/aromatic N) is 7. The van der Waals surface area contributed by atoms with Crippen molar-refractivity contribution in [2.24, 2.45) is 5.92 Å². The Hall–Kier alpha value is -2.44. The first-order chi connectivity index (χ1) is 12.8. The van der Waals surface area contributed by atoms with Crippen molar-refractivity contribution in [1.29, 1.82) is 0 Å². The van der Waals surface area contributed by atoms with Gasteiger partial charge in [-0.3, -0.25) is 0 Å². The molecule has 4 rings (SSSR count). The van der Waals surface area contributed by atoms with Gasteiger partial charge in [-0.1, -0.05) is 6.92 Å². The molecule has 0 aromatic carbocycles. The lowest BCUT2D eigenvalue weighted by molar-refractivity contribution is 0.444. The van der Waals surface area contributed by atoms with Gasteiger partial charge in [-0.2, -0.15) is 5.10 Å². The third-order valence-electron chi connectivity index (χ3n) is 5.32. The van der Waals surface area contributed by atoms with E-state index in [4.69, 9.17) is 0 Å².